The molecule has 0 saturated carbocycles. The molecule has 0 unspecified atom stereocenters. The van der Waals surface area contributed by atoms with Crippen LogP contribution in [0.15, 0.2) is 34.7 Å². The minimum absolute atomic E-state index is 0.0424. The number of benzene rings is 1. The van der Waals surface area contributed by atoms with Crippen LogP contribution in [-0.2, 0) is 4.79 Å². The van der Waals surface area contributed by atoms with E-state index in [9.17, 15) is 14.7 Å². The number of fused-ring (bicyclic) bond motifs is 1. The molecule has 2 aromatic heterocycles. The van der Waals surface area contributed by atoms with Gasteiger partial charge in [-0.2, -0.15) is 0 Å². The smallest absolute Gasteiger partial charge is 0.349 e. The summed E-state index contributed by atoms with van der Waals surface area (Å²) in [6.07, 6.45) is 0. The fourth-order valence-corrected chi connectivity index (χ4v) is 3.32. The van der Waals surface area contributed by atoms with Crippen molar-refractivity contribution in [2.75, 3.05) is 6.61 Å². The van der Waals surface area contributed by atoms with Crippen molar-refractivity contribution in [1.82, 2.24) is 0 Å². The van der Waals surface area contributed by atoms with Gasteiger partial charge < -0.3 is 19.4 Å². The average molecular weight is 332 g/mol. The molecule has 0 amide bonds. The Morgan fingerprint density at radius 3 is 2.65 bits per heavy atom. The summed E-state index contributed by atoms with van der Waals surface area (Å²) in [4.78, 5) is 22.6. The number of ether oxygens (including phenoxy) is 1. The van der Waals surface area contributed by atoms with Crippen LogP contribution in [-0.4, -0.2) is 28.8 Å². The van der Waals surface area contributed by atoms with Gasteiger partial charge >= 0.3 is 11.9 Å². The summed E-state index contributed by atoms with van der Waals surface area (Å²) in [7, 11) is 0. The van der Waals surface area contributed by atoms with Crippen LogP contribution in [0.25, 0.3) is 21.6 Å². The zero-order valence-corrected chi connectivity index (χ0v) is 12.8. The highest BCUT2D eigenvalue weighted by Gasteiger charge is 2.24. The SMILES string of the molecule is Cc1c(-c2cc3ccccc3o2)sc(C(=O)O)c1OCC(=O)O. The quantitative estimate of drug-likeness (QED) is 0.740. The van der Waals surface area contributed by atoms with Gasteiger partial charge in [0.15, 0.2) is 11.5 Å². The van der Waals surface area contributed by atoms with Gasteiger partial charge in [0, 0.05) is 10.9 Å². The summed E-state index contributed by atoms with van der Waals surface area (Å²) in [6, 6.07) is 9.27. The monoisotopic (exact) mass is 332 g/mol. The minimum Gasteiger partial charge on any atom is -0.480 e. The highest BCUT2D eigenvalue weighted by atomic mass is 32.1. The number of carbonyl (C=O) groups is 2. The molecule has 0 atom stereocenters. The molecule has 2 N–H and O–H groups in total. The topological polar surface area (TPSA) is 97.0 Å². The number of thiophene rings is 1. The van der Waals surface area contributed by atoms with Crippen molar-refractivity contribution in [2.45, 2.75) is 6.92 Å². The third-order valence-electron chi connectivity index (χ3n) is 3.28. The summed E-state index contributed by atoms with van der Waals surface area (Å²) in [5, 5.41) is 18.9. The largest absolute Gasteiger partial charge is 0.480 e. The number of furan rings is 1. The van der Waals surface area contributed by atoms with Crippen molar-refractivity contribution in [3.05, 3.63) is 40.8 Å². The number of para-hydroxylation sites is 1. The first kappa shape index (κ1) is 15.1. The van der Waals surface area contributed by atoms with Gasteiger partial charge in [0.05, 0.1) is 4.88 Å². The first-order valence-corrected chi connectivity index (χ1v) is 7.49. The molecule has 0 aliphatic rings. The Balaban J connectivity index is 2.10. The lowest BCUT2D eigenvalue weighted by atomic mass is 10.2. The molecule has 0 fully saturated rings. The van der Waals surface area contributed by atoms with Crippen molar-refractivity contribution < 1.29 is 29.0 Å². The van der Waals surface area contributed by atoms with Gasteiger partial charge in [0.25, 0.3) is 0 Å². The number of rotatable bonds is 5. The fraction of sp³-hybridized carbons (Fsp3) is 0.125. The maximum Gasteiger partial charge on any atom is 0.349 e. The second kappa shape index (κ2) is 5.77. The molecule has 7 heteroatoms. The lowest BCUT2D eigenvalue weighted by Crippen LogP contribution is -2.11. The number of carboxylic acids is 2. The fourth-order valence-electron chi connectivity index (χ4n) is 2.28. The number of carboxylic acid groups (broad SMARTS) is 2. The minimum atomic E-state index is -1.17. The van der Waals surface area contributed by atoms with Crippen LogP contribution in [0.2, 0.25) is 0 Å². The van der Waals surface area contributed by atoms with Gasteiger partial charge in [0.2, 0.25) is 0 Å². The lowest BCUT2D eigenvalue weighted by molar-refractivity contribution is -0.139. The number of aromatic carboxylic acids is 1. The Bertz CT molecular complexity index is 872. The van der Waals surface area contributed by atoms with E-state index in [1.54, 1.807) is 6.92 Å². The first-order valence-electron chi connectivity index (χ1n) is 6.67. The Labute approximate surface area is 134 Å². The van der Waals surface area contributed by atoms with Crippen molar-refractivity contribution >= 4 is 34.2 Å². The van der Waals surface area contributed by atoms with Crippen molar-refractivity contribution in [3.63, 3.8) is 0 Å². The van der Waals surface area contributed by atoms with Gasteiger partial charge in [-0.1, -0.05) is 18.2 Å². The summed E-state index contributed by atoms with van der Waals surface area (Å²) < 4.78 is 10.9. The zero-order chi connectivity index (χ0) is 16.6. The summed E-state index contributed by atoms with van der Waals surface area (Å²) in [5.41, 5.74) is 1.24. The van der Waals surface area contributed by atoms with Gasteiger partial charge in [0.1, 0.15) is 17.1 Å². The number of hydrogen-bond acceptors (Lipinski definition) is 5. The van der Waals surface area contributed by atoms with E-state index in [2.05, 4.69) is 0 Å². The first-order chi connectivity index (χ1) is 11.0. The molecular formula is C16H12O6S. The van der Waals surface area contributed by atoms with Crippen LogP contribution < -0.4 is 4.74 Å². The van der Waals surface area contributed by atoms with Gasteiger partial charge in [-0.15, -0.1) is 11.3 Å². The molecule has 0 aliphatic heterocycles. The molecule has 2 heterocycles. The molecule has 0 saturated heterocycles. The van der Waals surface area contributed by atoms with Crippen LogP contribution in [0.4, 0.5) is 0 Å². The molecule has 0 radical (unpaired) electrons. The third kappa shape index (κ3) is 2.78. The highest BCUT2D eigenvalue weighted by Crippen LogP contribution is 2.42. The van der Waals surface area contributed by atoms with E-state index in [1.165, 1.54) is 0 Å². The average Bonchev–Trinajstić information content (AvgIpc) is 3.05. The number of hydrogen-bond donors (Lipinski definition) is 2. The Kier molecular flexibility index (Phi) is 3.79. The van der Waals surface area contributed by atoms with Crippen LogP contribution in [0, 0.1) is 6.92 Å². The molecule has 0 aliphatic carbocycles. The van der Waals surface area contributed by atoms with Crippen LogP contribution >= 0.6 is 11.3 Å². The Morgan fingerprint density at radius 2 is 2.00 bits per heavy atom. The van der Waals surface area contributed by atoms with Crippen LogP contribution in [0.3, 0.4) is 0 Å². The Hall–Kier alpha value is -2.80. The molecule has 0 bridgehead atoms. The normalized spacial score (nSPS) is 10.8. The van der Waals surface area contributed by atoms with Gasteiger partial charge in [-0.3, -0.25) is 0 Å². The molecule has 1 aromatic carbocycles. The van der Waals surface area contributed by atoms with E-state index >= 15 is 0 Å². The molecule has 23 heavy (non-hydrogen) atoms. The number of aliphatic carboxylic acids is 1. The predicted molar refractivity (Wildman–Crippen MR) is 84.4 cm³/mol. The summed E-state index contributed by atoms with van der Waals surface area (Å²) in [5.74, 6) is -1.74. The van der Waals surface area contributed by atoms with Gasteiger partial charge in [-0.05, 0) is 19.1 Å². The summed E-state index contributed by atoms with van der Waals surface area (Å²) >= 11 is 1.00. The Morgan fingerprint density at radius 1 is 1.26 bits per heavy atom. The maximum atomic E-state index is 11.4. The van der Waals surface area contributed by atoms with E-state index in [0.29, 0.717) is 21.8 Å². The van der Waals surface area contributed by atoms with Crippen molar-refractivity contribution in [3.8, 4) is 16.4 Å². The molecular weight excluding hydrogens is 320 g/mol. The van der Waals surface area contributed by atoms with E-state index in [-0.39, 0.29) is 10.6 Å². The second-order valence-corrected chi connectivity index (χ2v) is 5.87. The van der Waals surface area contributed by atoms with Gasteiger partial charge in [-0.25, -0.2) is 9.59 Å². The van der Waals surface area contributed by atoms with Crippen molar-refractivity contribution in [2.24, 2.45) is 0 Å². The van der Waals surface area contributed by atoms with E-state index in [0.717, 1.165) is 16.7 Å². The molecule has 3 aromatic rings. The van der Waals surface area contributed by atoms with E-state index in [4.69, 9.17) is 14.3 Å². The van der Waals surface area contributed by atoms with Crippen LogP contribution in [0.1, 0.15) is 15.2 Å². The standard InChI is InChI=1S/C16H12O6S/c1-8-13(21-7-12(17)18)15(16(19)20)23-14(8)11-6-9-4-2-3-5-10(9)22-11/h2-6H,7H2,1H3,(H,17,18)(H,19,20). The molecule has 0 spiro atoms. The van der Waals surface area contributed by atoms with Crippen LogP contribution in [0.5, 0.6) is 5.75 Å². The second-order valence-electron chi connectivity index (χ2n) is 4.85. The molecule has 6 nitrogen and oxygen atoms in total. The maximum absolute atomic E-state index is 11.4. The van der Waals surface area contributed by atoms with E-state index < -0.39 is 18.5 Å². The molecule has 118 valence electrons. The molecule has 3 rings (SSSR count). The van der Waals surface area contributed by atoms with E-state index in [1.807, 2.05) is 30.3 Å². The zero-order valence-electron chi connectivity index (χ0n) is 12.0. The lowest BCUT2D eigenvalue weighted by Gasteiger charge is -2.03. The predicted octanol–water partition coefficient (Wildman–Crippen LogP) is 3.63. The summed E-state index contributed by atoms with van der Waals surface area (Å²) in [6.45, 7) is 1.08. The third-order valence-corrected chi connectivity index (χ3v) is 4.55. The van der Waals surface area contributed by atoms with Crippen molar-refractivity contribution in [1.29, 1.82) is 0 Å². The highest BCUT2D eigenvalue weighted by molar-refractivity contribution is 7.17.